The Morgan fingerprint density at radius 2 is 2.22 bits per heavy atom. The minimum absolute atomic E-state index is 0.152. The first kappa shape index (κ1) is 12.4. The number of hydrogen-bond acceptors (Lipinski definition) is 2. The Morgan fingerprint density at radius 3 is 3.00 bits per heavy atom. The zero-order valence-electron chi connectivity index (χ0n) is 10.3. The molecule has 1 saturated heterocycles. The predicted molar refractivity (Wildman–Crippen MR) is 71.2 cm³/mol. The molecule has 0 bridgehead atoms. The maximum absolute atomic E-state index is 13.7. The van der Waals surface area contributed by atoms with Crippen molar-refractivity contribution in [3.63, 3.8) is 0 Å². The lowest BCUT2D eigenvalue weighted by molar-refractivity contribution is 0.180. The van der Waals surface area contributed by atoms with E-state index in [4.69, 9.17) is 11.6 Å². The Labute approximate surface area is 112 Å². The van der Waals surface area contributed by atoms with Crippen LogP contribution in [0.4, 0.5) is 4.39 Å². The van der Waals surface area contributed by atoms with Crippen molar-refractivity contribution in [2.45, 2.75) is 25.4 Å². The van der Waals surface area contributed by atoms with Crippen molar-refractivity contribution < 1.29 is 4.39 Å². The van der Waals surface area contributed by atoms with Crippen molar-refractivity contribution in [1.82, 2.24) is 10.2 Å². The van der Waals surface area contributed by atoms with Crippen LogP contribution in [0.5, 0.6) is 0 Å². The van der Waals surface area contributed by atoms with E-state index in [1.165, 1.54) is 18.9 Å². The highest BCUT2D eigenvalue weighted by atomic mass is 35.5. The molecule has 1 aromatic carbocycles. The first-order chi connectivity index (χ1) is 8.72. The molecule has 1 unspecified atom stereocenters. The van der Waals surface area contributed by atoms with E-state index >= 15 is 0 Å². The molecular formula is C14H18ClFN2. The molecule has 1 aromatic rings. The van der Waals surface area contributed by atoms with Crippen LogP contribution in [0.3, 0.4) is 0 Å². The average molecular weight is 269 g/mol. The number of hydrogen-bond donors (Lipinski definition) is 1. The number of benzene rings is 1. The molecule has 1 atom stereocenters. The Kier molecular flexibility index (Phi) is 3.55. The molecule has 0 spiro atoms. The summed E-state index contributed by atoms with van der Waals surface area (Å²) in [5, 5.41) is 4.17. The molecule has 1 aliphatic carbocycles. The third-order valence-corrected chi connectivity index (χ3v) is 4.12. The summed E-state index contributed by atoms with van der Waals surface area (Å²) < 4.78 is 13.7. The average Bonchev–Trinajstić information content (AvgIpc) is 3.18. The number of piperazine rings is 1. The van der Waals surface area contributed by atoms with Crippen molar-refractivity contribution in [2.75, 3.05) is 19.6 Å². The second-order valence-electron chi connectivity index (χ2n) is 5.37. The van der Waals surface area contributed by atoms with Crippen LogP contribution < -0.4 is 5.32 Å². The fraction of sp³-hybridized carbons (Fsp3) is 0.571. The van der Waals surface area contributed by atoms with E-state index in [1.807, 2.05) is 0 Å². The Hall–Kier alpha value is -0.640. The van der Waals surface area contributed by atoms with Gasteiger partial charge in [0.25, 0.3) is 0 Å². The summed E-state index contributed by atoms with van der Waals surface area (Å²) in [5.74, 6) is 0.693. The summed E-state index contributed by atoms with van der Waals surface area (Å²) in [5.41, 5.74) is 0.707. The molecule has 1 saturated carbocycles. The fourth-order valence-electron chi connectivity index (χ4n) is 2.71. The molecule has 1 heterocycles. The van der Waals surface area contributed by atoms with Gasteiger partial charge >= 0.3 is 0 Å². The van der Waals surface area contributed by atoms with E-state index in [0.717, 1.165) is 25.6 Å². The molecule has 2 fully saturated rings. The van der Waals surface area contributed by atoms with E-state index in [9.17, 15) is 4.39 Å². The minimum Gasteiger partial charge on any atom is -0.311 e. The van der Waals surface area contributed by atoms with Gasteiger partial charge in [-0.1, -0.05) is 11.6 Å². The van der Waals surface area contributed by atoms with E-state index in [2.05, 4.69) is 10.2 Å². The van der Waals surface area contributed by atoms with Crippen molar-refractivity contribution in [2.24, 2.45) is 5.92 Å². The molecule has 18 heavy (non-hydrogen) atoms. The van der Waals surface area contributed by atoms with Gasteiger partial charge in [0.05, 0.1) is 0 Å². The second kappa shape index (κ2) is 5.16. The molecule has 1 aliphatic heterocycles. The van der Waals surface area contributed by atoms with Gasteiger partial charge in [0.2, 0.25) is 0 Å². The standard InChI is InChI=1S/C14H18ClFN2/c15-12-3-4-13(16)11(7-12)8-18-6-5-17-14(9-18)10-1-2-10/h3-4,7,10,14,17H,1-2,5-6,8-9H2. The van der Waals surface area contributed by atoms with Crippen LogP contribution in [0.2, 0.25) is 5.02 Å². The maximum atomic E-state index is 13.7. The Balaban J connectivity index is 1.65. The lowest BCUT2D eigenvalue weighted by Crippen LogP contribution is -2.51. The van der Waals surface area contributed by atoms with Crippen LogP contribution in [0.25, 0.3) is 0 Å². The van der Waals surface area contributed by atoms with Gasteiger partial charge < -0.3 is 5.32 Å². The minimum atomic E-state index is -0.152. The first-order valence-corrected chi connectivity index (χ1v) is 7.00. The van der Waals surface area contributed by atoms with Gasteiger partial charge in [-0.05, 0) is 37.0 Å². The van der Waals surface area contributed by atoms with Gasteiger partial charge in [0.15, 0.2) is 0 Å². The highest BCUT2D eigenvalue weighted by Crippen LogP contribution is 2.33. The maximum Gasteiger partial charge on any atom is 0.127 e. The number of rotatable bonds is 3. The van der Waals surface area contributed by atoms with Crippen LogP contribution >= 0.6 is 11.6 Å². The third-order valence-electron chi connectivity index (χ3n) is 3.88. The quantitative estimate of drug-likeness (QED) is 0.907. The smallest absolute Gasteiger partial charge is 0.127 e. The highest BCUT2D eigenvalue weighted by molar-refractivity contribution is 6.30. The molecule has 0 radical (unpaired) electrons. The van der Waals surface area contributed by atoms with Crippen LogP contribution in [-0.2, 0) is 6.54 Å². The highest BCUT2D eigenvalue weighted by Gasteiger charge is 2.33. The summed E-state index contributed by atoms with van der Waals surface area (Å²) in [4.78, 5) is 2.33. The fourth-order valence-corrected chi connectivity index (χ4v) is 2.90. The van der Waals surface area contributed by atoms with Crippen LogP contribution in [0, 0.1) is 11.7 Å². The molecule has 0 amide bonds. The van der Waals surface area contributed by atoms with Crippen molar-refractivity contribution >= 4 is 11.6 Å². The SMILES string of the molecule is Fc1ccc(Cl)cc1CN1CCNC(C2CC2)C1. The Morgan fingerprint density at radius 1 is 1.39 bits per heavy atom. The van der Waals surface area contributed by atoms with Gasteiger partial charge in [-0.25, -0.2) is 4.39 Å². The van der Waals surface area contributed by atoms with Crippen LogP contribution in [0.1, 0.15) is 18.4 Å². The lowest BCUT2D eigenvalue weighted by Gasteiger charge is -2.34. The van der Waals surface area contributed by atoms with Gasteiger partial charge in [0.1, 0.15) is 5.82 Å². The zero-order valence-corrected chi connectivity index (χ0v) is 11.1. The molecule has 3 rings (SSSR count). The van der Waals surface area contributed by atoms with Crippen molar-refractivity contribution in [1.29, 1.82) is 0 Å². The normalized spacial score (nSPS) is 25.3. The molecule has 2 aliphatic rings. The molecule has 2 nitrogen and oxygen atoms in total. The summed E-state index contributed by atoms with van der Waals surface area (Å²) in [6.07, 6.45) is 2.69. The molecule has 1 N–H and O–H groups in total. The van der Waals surface area contributed by atoms with Gasteiger partial charge in [-0.3, -0.25) is 4.90 Å². The first-order valence-electron chi connectivity index (χ1n) is 6.62. The van der Waals surface area contributed by atoms with Gasteiger partial charge in [-0.2, -0.15) is 0 Å². The number of nitrogens with zero attached hydrogens (tertiary/aromatic N) is 1. The molecule has 0 aromatic heterocycles. The van der Waals surface area contributed by atoms with Gasteiger partial charge in [0, 0.05) is 42.8 Å². The summed E-state index contributed by atoms with van der Waals surface area (Å²) in [7, 11) is 0. The lowest BCUT2D eigenvalue weighted by atomic mass is 10.1. The summed E-state index contributed by atoms with van der Waals surface area (Å²) in [6, 6.07) is 5.40. The van der Waals surface area contributed by atoms with Crippen molar-refractivity contribution in [3.8, 4) is 0 Å². The van der Waals surface area contributed by atoms with E-state index in [1.54, 1.807) is 12.1 Å². The molecule has 4 heteroatoms. The van der Waals surface area contributed by atoms with Crippen molar-refractivity contribution in [3.05, 3.63) is 34.6 Å². The number of nitrogens with one attached hydrogen (secondary N) is 1. The van der Waals surface area contributed by atoms with Crippen LogP contribution in [-0.4, -0.2) is 30.6 Å². The third kappa shape index (κ3) is 2.85. The Bertz CT molecular complexity index is 434. The van der Waals surface area contributed by atoms with E-state index in [0.29, 0.717) is 23.2 Å². The largest absolute Gasteiger partial charge is 0.311 e. The predicted octanol–water partition coefficient (Wildman–Crippen LogP) is 2.66. The number of halogens is 2. The zero-order chi connectivity index (χ0) is 12.5. The summed E-state index contributed by atoms with van der Waals surface area (Å²) >= 11 is 5.93. The second-order valence-corrected chi connectivity index (χ2v) is 5.81. The monoisotopic (exact) mass is 268 g/mol. The van der Waals surface area contributed by atoms with Gasteiger partial charge in [-0.15, -0.1) is 0 Å². The molecular weight excluding hydrogens is 251 g/mol. The van der Waals surface area contributed by atoms with E-state index in [-0.39, 0.29) is 5.82 Å². The topological polar surface area (TPSA) is 15.3 Å². The summed E-state index contributed by atoms with van der Waals surface area (Å²) in [6.45, 7) is 3.67. The van der Waals surface area contributed by atoms with E-state index < -0.39 is 0 Å². The molecule has 98 valence electrons. The van der Waals surface area contributed by atoms with Crippen LogP contribution in [0.15, 0.2) is 18.2 Å².